The molecule has 25 heavy (non-hydrogen) atoms. The van der Waals surface area contributed by atoms with Gasteiger partial charge in [0.05, 0.1) is 16.8 Å². The molecule has 0 atom stereocenters. The van der Waals surface area contributed by atoms with Gasteiger partial charge < -0.3 is 14.4 Å². The second kappa shape index (κ2) is 7.18. The first-order valence-electron chi connectivity index (χ1n) is 8.17. The molecule has 2 heterocycles. The molecule has 1 aromatic carbocycles. The molecule has 0 aliphatic carbocycles. The first-order chi connectivity index (χ1) is 12.0. The summed E-state index contributed by atoms with van der Waals surface area (Å²) in [5, 5.41) is 0. The fourth-order valence-electron chi connectivity index (χ4n) is 2.61. The number of hydrogen-bond acceptors (Lipinski definition) is 6. The van der Waals surface area contributed by atoms with Crippen molar-refractivity contribution in [2.75, 3.05) is 35.9 Å². The number of rotatable bonds is 6. The lowest BCUT2D eigenvalue weighted by atomic mass is 10.3. The van der Waals surface area contributed by atoms with E-state index in [9.17, 15) is 8.42 Å². The maximum atomic E-state index is 12.6. The van der Waals surface area contributed by atoms with Crippen molar-refractivity contribution in [3.63, 3.8) is 0 Å². The van der Waals surface area contributed by atoms with Crippen molar-refractivity contribution in [2.24, 2.45) is 0 Å². The van der Waals surface area contributed by atoms with Crippen molar-refractivity contribution in [1.29, 1.82) is 0 Å². The van der Waals surface area contributed by atoms with Gasteiger partial charge in [0.2, 0.25) is 0 Å². The van der Waals surface area contributed by atoms with E-state index in [2.05, 4.69) is 28.5 Å². The molecule has 0 unspecified atom stereocenters. The molecule has 2 aromatic rings. The third-order valence-electron chi connectivity index (χ3n) is 3.94. The van der Waals surface area contributed by atoms with Crippen molar-refractivity contribution < 1.29 is 17.9 Å². The second-order valence-corrected chi connectivity index (χ2v) is 7.17. The summed E-state index contributed by atoms with van der Waals surface area (Å²) in [6.45, 7) is 6.70. The Kier molecular flexibility index (Phi) is 4.98. The number of sulfonamides is 1. The minimum atomic E-state index is -3.75. The van der Waals surface area contributed by atoms with E-state index < -0.39 is 10.0 Å². The zero-order chi connectivity index (χ0) is 17.9. The molecule has 134 valence electrons. The zero-order valence-corrected chi connectivity index (χ0v) is 15.0. The van der Waals surface area contributed by atoms with Gasteiger partial charge in [-0.2, -0.15) is 0 Å². The summed E-state index contributed by atoms with van der Waals surface area (Å²) in [4.78, 5) is 6.44. The molecule has 0 amide bonds. The molecular weight excluding hydrogens is 342 g/mol. The van der Waals surface area contributed by atoms with E-state index in [1.165, 1.54) is 12.1 Å². The topological polar surface area (TPSA) is 80.8 Å². The number of nitrogens with zero attached hydrogens (tertiary/aromatic N) is 2. The van der Waals surface area contributed by atoms with Crippen LogP contribution in [0.15, 0.2) is 41.4 Å². The summed E-state index contributed by atoms with van der Waals surface area (Å²) in [5.41, 5.74) is 0.951. The quantitative estimate of drug-likeness (QED) is 0.849. The Bertz CT molecular complexity index is 833. The van der Waals surface area contributed by atoms with Gasteiger partial charge >= 0.3 is 0 Å². The smallest absolute Gasteiger partial charge is 0.263 e. The zero-order valence-electron chi connectivity index (χ0n) is 14.2. The standard InChI is InChI=1S/C17H21N3O4S/c1-3-20(4-2)13-5-8-17(18-12-13)19-25(21,22)14-6-7-15-16(11-14)24-10-9-23-15/h5-8,11-12H,3-4,9-10H2,1-2H3,(H,18,19). The average molecular weight is 363 g/mol. The summed E-state index contributed by atoms with van der Waals surface area (Å²) in [5.74, 6) is 1.25. The van der Waals surface area contributed by atoms with Gasteiger partial charge in [-0.1, -0.05) is 0 Å². The molecule has 1 N–H and O–H groups in total. The fraction of sp³-hybridized carbons (Fsp3) is 0.353. The van der Waals surface area contributed by atoms with Crippen LogP contribution in [0.2, 0.25) is 0 Å². The van der Waals surface area contributed by atoms with Crippen molar-refractivity contribution in [1.82, 2.24) is 4.98 Å². The van der Waals surface area contributed by atoms with Crippen molar-refractivity contribution in [3.05, 3.63) is 36.5 Å². The van der Waals surface area contributed by atoms with Crippen LogP contribution in [0.25, 0.3) is 0 Å². The van der Waals surface area contributed by atoms with Crippen LogP contribution in [-0.2, 0) is 10.0 Å². The Labute approximate surface area is 147 Å². The second-order valence-electron chi connectivity index (χ2n) is 5.48. The Morgan fingerprint density at radius 3 is 2.44 bits per heavy atom. The molecule has 0 saturated carbocycles. The Morgan fingerprint density at radius 1 is 1.08 bits per heavy atom. The highest BCUT2D eigenvalue weighted by atomic mass is 32.2. The van der Waals surface area contributed by atoms with Crippen LogP contribution in [0, 0.1) is 0 Å². The predicted octanol–water partition coefficient (Wildman–Crippen LogP) is 2.50. The van der Waals surface area contributed by atoms with Crippen molar-refractivity contribution in [3.8, 4) is 11.5 Å². The molecule has 0 bridgehead atoms. The minimum absolute atomic E-state index is 0.103. The van der Waals surface area contributed by atoms with Gasteiger partial charge in [-0.15, -0.1) is 0 Å². The number of anilines is 2. The van der Waals surface area contributed by atoms with Crippen LogP contribution in [0.5, 0.6) is 11.5 Å². The molecule has 0 radical (unpaired) electrons. The number of pyridine rings is 1. The number of fused-ring (bicyclic) bond motifs is 1. The van der Waals surface area contributed by atoms with Gasteiger partial charge in [0.15, 0.2) is 11.5 Å². The SMILES string of the molecule is CCN(CC)c1ccc(NS(=O)(=O)c2ccc3c(c2)OCCO3)nc1. The molecular formula is C17H21N3O4S. The lowest BCUT2D eigenvalue weighted by Crippen LogP contribution is -2.22. The Morgan fingerprint density at radius 2 is 1.80 bits per heavy atom. The Hall–Kier alpha value is -2.48. The first kappa shape index (κ1) is 17.3. The largest absolute Gasteiger partial charge is 0.486 e. The number of hydrogen-bond donors (Lipinski definition) is 1. The number of ether oxygens (including phenoxy) is 2. The van der Waals surface area contributed by atoms with Crippen LogP contribution in [-0.4, -0.2) is 39.7 Å². The molecule has 0 spiro atoms. The number of aromatic nitrogens is 1. The van der Waals surface area contributed by atoms with E-state index in [1.54, 1.807) is 18.3 Å². The summed E-state index contributed by atoms with van der Waals surface area (Å²) < 4.78 is 38.5. The van der Waals surface area contributed by atoms with Crippen LogP contribution in [0.1, 0.15) is 13.8 Å². The van der Waals surface area contributed by atoms with Crippen molar-refractivity contribution in [2.45, 2.75) is 18.7 Å². The van der Waals surface area contributed by atoms with Gasteiger partial charge in [0, 0.05) is 19.2 Å². The van der Waals surface area contributed by atoms with E-state index in [1.807, 2.05) is 6.07 Å². The lowest BCUT2D eigenvalue weighted by molar-refractivity contribution is 0.171. The summed E-state index contributed by atoms with van der Waals surface area (Å²) in [7, 11) is -3.75. The molecule has 7 nitrogen and oxygen atoms in total. The van der Waals surface area contributed by atoms with E-state index in [-0.39, 0.29) is 10.7 Å². The normalized spacial score (nSPS) is 13.4. The fourth-order valence-corrected chi connectivity index (χ4v) is 3.63. The first-order valence-corrected chi connectivity index (χ1v) is 9.65. The lowest BCUT2D eigenvalue weighted by Gasteiger charge is -2.20. The van der Waals surface area contributed by atoms with Crippen molar-refractivity contribution >= 4 is 21.5 Å². The van der Waals surface area contributed by atoms with Crippen LogP contribution in [0.4, 0.5) is 11.5 Å². The van der Waals surface area contributed by atoms with E-state index in [4.69, 9.17) is 9.47 Å². The van der Waals surface area contributed by atoms with Gasteiger partial charge in [0.1, 0.15) is 19.0 Å². The third kappa shape index (κ3) is 3.79. The van der Waals surface area contributed by atoms with Gasteiger partial charge in [-0.25, -0.2) is 13.4 Å². The van der Waals surface area contributed by atoms with Crippen LogP contribution >= 0.6 is 0 Å². The summed E-state index contributed by atoms with van der Waals surface area (Å²) >= 11 is 0. The molecule has 1 aromatic heterocycles. The summed E-state index contributed by atoms with van der Waals surface area (Å²) in [6.07, 6.45) is 1.66. The van der Waals surface area contributed by atoms with Crippen LogP contribution in [0.3, 0.4) is 0 Å². The highest BCUT2D eigenvalue weighted by Gasteiger charge is 2.20. The molecule has 1 aliphatic rings. The summed E-state index contributed by atoms with van der Waals surface area (Å²) in [6, 6.07) is 8.05. The van der Waals surface area contributed by atoms with Gasteiger partial charge in [-0.05, 0) is 38.1 Å². The van der Waals surface area contributed by atoms with Crippen LogP contribution < -0.4 is 19.1 Å². The highest BCUT2D eigenvalue weighted by Crippen LogP contribution is 2.32. The Balaban J connectivity index is 1.79. The molecule has 0 fully saturated rings. The van der Waals surface area contributed by atoms with E-state index in [0.717, 1.165) is 18.8 Å². The van der Waals surface area contributed by atoms with Gasteiger partial charge in [-0.3, -0.25) is 4.72 Å². The maximum absolute atomic E-state index is 12.6. The minimum Gasteiger partial charge on any atom is -0.486 e. The molecule has 3 rings (SSSR count). The number of nitrogens with one attached hydrogen (secondary N) is 1. The molecule has 8 heteroatoms. The molecule has 1 aliphatic heterocycles. The number of benzene rings is 1. The molecule has 0 saturated heterocycles. The highest BCUT2D eigenvalue weighted by molar-refractivity contribution is 7.92. The van der Waals surface area contributed by atoms with Gasteiger partial charge in [0.25, 0.3) is 10.0 Å². The van der Waals surface area contributed by atoms with E-state index >= 15 is 0 Å². The van der Waals surface area contributed by atoms with E-state index in [0.29, 0.717) is 24.7 Å². The third-order valence-corrected chi connectivity index (χ3v) is 5.29. The maximum Gasteiger partial charge on any atom is 0.263 e. The predicted molar refractivity (Wildman–Crippen MR) is 96.0 cm³/mol. The average Bonchev–Trinajstić information content (AvgIpc) is 2.63. The monoisotopic (exact) mass is 363 g/mol.